The summed E-state index contributed by atoms with van der Waals surface area (Å²) in [6, 6.07) is 6.30. The van der Waals surface area contributed by atoms with Crippen LogP contribution in [0.15, 0.2) is 24.3 Å². The molecule has 0 amide bonds. The first-order valence-corrected chi connectivity index (χ1v) is 8.61. The highest BCUT2D eigenvalue weighted by Crippen LogP contribution is 2.50. The Hall–Kier alpha value is -1.26. The van der Waals surface area contributed by atoms with E-state index in [1.807, 2.05) is 0 Å². The maximum Gasteiger partial charge on any atom is 0.495 e. The van der Waals surface area contributed by atoms with Gasteiger partial charge in [-0.1, -0.05) is 18.2 Å². The highest BCUT2D eigenvalue weighted by molar-refractivity contribution is 6.69. The standard InChI is InChI=1S/C19H25BO3/c1-13-8-6-9-14-15(12-19(10-7-11-19)21-16(13)14)20-22-17(2,3)18(4,5)23-20/h6,8-9,12H,7,10-11H2,1-5H3. The quantitative estimate of drug-likeness (QED) is 0.723. The van der Waals surface area contributed by atoms with Crippen molar-refractivity contribution in [1.82, 2.24) is 0 Å². The van der Waals surface area contributed by atoms with Crippen LogP contribution in [0, 0.1) is 6.92 Å². The predicted octanol–water partition coefficient (Wildman–Crippen LogP) is 4.32. The molecule has 4 heteroatoms. The topological polar surface area (TPSA) is 27.7 Å². The minimum atomic E-state index is -0.332. The van der Waals surface area contributed by atoms with E-state index in [9.17, 15) is 0 Å². The lowest BCUT2D eigenvalue weighted by Crippen LogP contribution is -2.44. The molecule has 0 radical (unpaired) electrons. The molecule has 1 aromatic carbocycles. The van der Waals surface area contributed by atoms with Gasteiger partial charge in [0.05, 0.1) is 11.2 Å². The van der Waals surface area contributed by atoms with Gasteiger partial charge in [0.15, 0.2) is 0 Å². The summed E-state index contributed by atoms with van der Waals surface area (Å²) in [6.07, 6.45) is 5.63. The summed E-state index contributed by atoms with van der Waals surface area (Å²) in [5.74, 6) is 0.999. The summed E-state index contributed by atoms with van der Waals surface area (Å²) in [4.78, 5) is 0. The maximum atomic E-state index is 6.39. The molecule has 2 heterocycles. The van der Waals surface area contributed by atoms with Crippen molar-refractivity contribution in [3.63, 3.8) is 0 Å². The van der Waals surface area contributed by atoms with Gasteiger partial charge in [0, 0.05) is 5.56 Å². The summed E-state index contributed by atoms with van der Waals surface area (Å²) < 4.78 is 19.0. The molecule has 1 spiro atoms. The summed E-state index contributed by atoms with van der Waals surface area (Å²) in [5, 5.41) is 0. The molecule has 1 saturated carbocycles. The van der Waals surface area contributed by atoms with Gasteiger partial charge in [0.2, 0.25) is 0 Å². The molecule has 1 saturated heterocycles. The second-order valence-electron chi connectivity index (χ2n) is 8.16. The first-order chi connectivity index (χ1) is 10.7. The van der Waals surface area contributed by atoms with Crippen molar-refractivity contribution in [2.24, 2.45) is 0 Å². The normalized spacial score (nSPS) is 26.3. The molecular weight excluding hydrogens is 287 g/mol. The van der Waals surface area contributed by atoms with Gasteiger partial charge in [-0.25, -0.2) is 0 Å². The van der Waals surface area contributed by atoms with Gasteiger partial charge in [0.25, 0.3) is 0 Å². The van der Waals surface area contributed by atoms with E-state index in [1.54, 1.807) is 0 Å². The fourth-order valence-corrected chi connectivity index (χ4v) is 3.55. The third kappa shape index (κ3) is 2.19. The average molecular weight is 312 g/mol. The van der Waals surface area contributed by atoms with Crippen LogP contribution in [0.5, 0.6) is 5.75 Å². The van der Waals surface area contributed by atoms with E-state index in [0.29, 0.717) is 0 Å². The van der Waals surface area contributed by atoms with Gasteiger partial charge in [-0.15, -0.1) is 0 Å². The highest BCUT2D eigenvalue weighted by atomic mass is 16.7. The Kier molecular flexibility index (Phi) is 3.08. The van der Waals surface area contributed by atoms with Crippen LogP contribution in [0.2, 0.25) is 0 Å². The van der Waals surface area contributed by atoms with Gasteiger partial charge in [0.1, 0.15) is 11.4 Å². The molecule has 0 atom stereocenters. The zero-order valence-electron chi connectivity index (χ0n) is 14.7. The molecule has 2 aliphatic heterocycles. The van der Waals surface area contributed by atoms with Gasteiger partial charge < -0.3 is 14.0 Å². The summed E-state index contributed by atoms with van der Waals surface area (Å²) >= 11 is 0. The van der Waals surface area contributed by atoms with Crippen molar-refractivity contribution in [1.29, 1.82) is 0 Å². The van der Waals surface area contributed by atoms with Crippen molar-refractivity contribution in [2.45, 2.75) is 70.7 Å². The average Bonchev–Trinajstić information content (AvgIpc) is 2.65. The molecule has 122 valence electrons. The molecular formula is C19H25BO3. The molecule has 0 aromatic heterocycles. The van der Waals surface area contributed by atoms with Crippen molar-refractivity contribution in [3.05, 3.63) is 35.4 Å². The Morgan fingerprint density at radius 3 is 2.22 bits per heavy atom. The zero-order chi connectivity index (χ0) is 16.5. The molecule has 0 bridgehead atoms. The third-order valence-electron chi connectivity index (χ3n) is 5.95. The highest BCUT2D eigenvalue weighted by Gasteiger charge is 2.54. The van der Waals surface area contributed by atoms with Gasteiger partial charge in [-0.05, 0) is 71.0 Å². The van der Waals surface area contributed by atoms with Gasteiger partial charge in [-0.2, -0.15) is 0 Å². The van der Waals surface area contributed by atoms with Crippen LogP contribution in [0.3, 0.4) is 0 Å². The Labute approximate surface area is 139 Å². The van der Waals surface area contributed by atoms with E-state index in [-0.39, 0.29) is 23.9 Å². The largest absolute Gasteiger partial charge is 0.495 e. The first kappa shape index (κ1) is 15.3. The lowest BCUT2D eigenvalue weighted by Gasteiger charge is -2.44. The van der Waals surface area contributed by atoms with Crippen molar-refractivity contribution >= 4 is 12.6 Å². The van der Waals surface area contributed by atoms with Gasteiger partial charge >= 0.3 is 7.12 Å². The monoisotopic (exact) mass is 312 g/mol. The minimum Gasteiger partial charge on any atom is -0.482 e. The number of hydrogen-bond donors (Lipinski definition) is 0. The van der Waals surface area contributed by atoms with E-state index in [0.717, 1.165) is 29.6 Å². The molecule has 23 heavy (non-hydrogen) atoms. The second-order valence-corrected chi connectivity index (χ2v) is 8.16. The summed E-state index contributed by atoms with van der Waals surface area (Å²) in [5.41, 5.74) is 2.62. The Morgan fingerprint density at radius 2 is 1.65 bits per heavy atom. The van der Waals surface area contributed by atoms with Crippen LogP contribution in [-0.4, -0.2) is 23.9 Å². The Bertz CT molecular complexity index is 670. The number of fused-ring (bicyclic) bond motifs is 1. The smallest absolute Gasteiger partial charge is 0.482 e. The lowest BCUT2D eigenvalue weighted by molar-refractivity contribution is 0.00578. The predicted molar refractivity (Wildman–Crippen MR) is 92.4 cm³/mol. The number of para-hydroxylation sites is 1. The van der Waals surface area contributed by atoms with Crippen LogP contribution >= 0.6 is 0 Å². The van der Waals surface area contributed by atoms with Crippen LogP contribution < -0.4 is 4.74 Å². The summed E-state index contributed by atoms with van der Waals surface area (Å²) in [6.45, 7) is 10.5. The third-order valence-corrected chi connectivity index (χ3v) is 5.95. The zero-order valence-corrected chi connectivity index (χ0v) is 14.7. The minimum absolute atomic E-state index is 0.155. The van der Waals surface area contributed by atoms with E-state index in [4.69, 9.17) is 14.0 Å². The van der Waals surface area contributed by atoms with E-state index >= 15 is 0 Å². The second kappa shape index (κ2) is 4.64. The van der Waals surface area contributed by atoms with E-state index in [1.165, 1.54) is 12.0 Å². The Morgan fingerprint density at radius 1 is 1.00 bits per heavy atom. The number of rotatable bonds is 1. The molecule has 3 nitrogen and oxygen atoms in total. The fraction of sp³-hybridized carbons (Fsp3) is 0.579. The van der Waals surface area contributed by atoms with Gasteiger partial charge in [-0.3, -0.25) is 0 Å². The van der Waals surface area contributed by atoms with E-state index in [2.05, 4.69) is 58.9 Å². The maximum absolute atomic E-state index is 6.39. The van der Waals surface area contributed by atoms with Crippen molar-refractivity contribution in [3.8, 4) is 5.75 Å². The van der Waals surface area contributed by atoms with Crippen molar-refractivity contribution in [2.75, 3.05) is 0 Å². The first-order valence-electron chi connectivity index (χ1n) is 8.61. The number of ether oxygens (including phenoxy) is 1. The molecule has 2 fully saturated rings. The molecule has 0 unspecified atom stereocenters. The van der Waals surface area contributed by atoms with Crippen LogP contribution in [-0.2, 0) is 9.31 Å². The van der Waals surface area contributed by atoms with Crippen molar-refractivity contribution < 1.29 is 14.0 Å². The lowest BCUT2D eigenvalue weighted by atomic mass is 9.66. The number of aryl methyl sites for hydroxylation is 1. The molecule has 3 aliphatic rings. The van der Waals surface area contributed by atoms with Crippen LogP contribution in [0.1, 0.15) is 58.1 Å². The molecule has 1 aromatic rings. The number of benzene rings is 1. The number of hydrogen-bond acceptors (Lipinski definition) is 3. The SMILES string of the molecule is Cc1cccc2c1OC1(C=C2B2OC(C)(C)C(C)(C)O2)CCC1. The van der Waals surface area contributed by atoms with Crippen LogP contribution in [0.4, 0.5) is 0 Å². The van der Waals surface area contributed by atoms with Crippen LogP contribution in [0.25, 0.3) is 5.47 Å². The van der Waals surface area contributed by atoms with E-state index < -0.39 is 0 Å². The summed E-state index contributed by atoms with van der Waals surface area (Å²) in [7, 11) is -0.332. The molecule has 4 rings (SSSR count). The molecule has 1 aliphatic carbocycles. The molecule has 0 N–H and O–H groups in total. The fourth-order valence-electron chi connectivity index (χ4n) is 3.55. The Balaban J connectivity index is 1.79.